The average Bonchev–Trinajstić information content (AvgIpc) is 2.98. The molecule has 0 atom stereocenters. The maximum atomic E-state index is 11.9. The Morgan fingerprint density at radius 1 is 1.38 bits per heavy atom. The third kappa shape index (κ3) is 5.01. The largest absolute Gasteiger partial charge is 0.493 e. The summed E-state index contributed by atoms with van der Waals surface area (Å²) in [7, 11) is 1.56. The Morgan fingerprint density at radius 3 is 2.79 bits per heavy atom. The molecule has 0 bridgehead atoms. The standard InChI is InChI=1S/C18H20ClNO3S/c1-4-23-18-15(19)9-13(10-16(18)22-3)11-20-17(21)8-7-14-6-5-12(2)24-14/h5-10H,4,11H2,1-3H3,(H,20,21)/b8-7+. The van der Waals surface area contributed by atoms with Crippen molar-refractivity contribution in [2.45, 2.75) is 20.4 Å². The molecule has 0 saturated carbocycles. The summed E-state index contributed by atoms with van der Waals surface area (Å²) in [4.78, 5) is 14.2. The van der Waals surface area contributed by atoms with Crippen molar-refractivity contribution in [3.05, 3.63) is 50.7 Å². The van der Waals surface area contributed by atoms with E-state index in [0.717, 1.165) is 10.4 Å². The topological polar surface area (TPSA) is 47.6 Å². The molecule has 0 saturated heterocycles. The molecule has 0 aliphatic carbocycles. The van der Waals surface area contributed by atoms with Crippen LogP contribution in [0.4, 0.5) is 0 Å². The molecular weight excluding hydrogens is 346 g/mol. The van der Waals surface area contributed by atoms with Crippen LogP contribution in [0.2, 0.25) is 5.02 Å². The van der Waals surface area contributed by atoms with E-state index in [-0.39, 0.29) is 5.91 Å². The van der Waals surface area contributed by atoms with Gasteiger partial charge in [0, 0.05) is 22.4 Å². The highest BCUT2D eigenvalue weighted by Gasteiger charge is 2.11. The third-order valence-electron chi connectivity index (χ3n) is 3.20. The first-order valence-corrected chi connectivity index (χ1v) is 8.74. The van der Waals surface area contributed by atoms with Gasteiger partial charge in [0.25, 0.3) is 0 Å². The number of amides is 1. The van der Waals surface area contributed by atoms with Gasteiger partial charge >= 0.3 is 0 Å². The van der Waals surface area contributed by atoms with Crippen molar-refractivity contribution >= 4 is 34.9 Å². The van der Waals surface area contributed by atoms with Crippen LogP contribution >= 0.6 is 22.9 Å². The highest BCUT2D eigenvalue weighted by molar-refractivity contribution is 7.12. The first-order valence-electron chi connectivity index (χ1n) is 7.55. The first-order chi connectivity index (χ1) is 11.5. The predicted octanol–water partition coefficient (Wildman–Crippen LogP) is 4.45. The average molecular weight is 366 g/mol. The van der Waals surface area contributed by atoms with Crippen molar-refractivity contribution in [3.63, 3.8) is 0 Å². The van der Waals surface area contributed by atoms with Crippen LogP contribution in [0.1, 0.15) is 22.2 Å². The summed E-state index contributed by atoms with van der Waals surface area (Å²) in [6, 6.07) is 7.59. The van der Waals surface area contributed by atoms with Gasteiger partial charge in [-0.1, -0.05) is 11.6 Å². The summed E-state index contributed by atoms with van der Waals surface area (Å²) >= 11 is 7.86. The molecule has 2 rings (SSSR count). The van der Waals surface area contributed by atoms with Crippen LogP contribution in [0, 0.1) is 6.92 Å². The van der Waals surface area contributed by atoms with Gasteiger partial charge in [0.1, 0.15) is 0 Å². The number of methoxy groups -OCH3 is 1. The van der Waals surface area contributed by atoms with E-state index in [9.17, 15) is 4.79 Å². The van der Waals surface area contributed by atoms with Gasteiger partial charge in [0.15, 0.2) is 11.5 Å². The van der Waals surface area contributed by atoms with Crippen molar-refractivity contribution in [3.8, 4) is 11.5 Å². The number of carbonyl (C=O) groups excluding carboxylic acids is 1. The number of nitrogens with one attached hydrogen (secondary N) is 1. The Kier molecular flexibility index (Phi) is 6.70. The molecule has 0 fully saturated rings. The van der Waals surface area contributed by atoms with E-state index in [2.05, 4.69) is 5.32 Å². The van der Waals surface area contributed by atoms with Gasteiger partial charge in [-0.3, -0.25) is 4.79 Å². The number of ether oxygens (including phenoxy) is 2. The quantitative estimate of drug-likeness (QED) is 0.737. The van der Waals surface area contributed by atoms with Crippen molar-refractivity contribution in [1.82, 2.24) is 5.32 Å². The zero-order valence-electron chi connectivity index (χ0n) is 13.9. The van der Waals surface area contributed by atoms with Crippen LogP contribution in [-0.2, 0) is 11.3 Å². The van der Waals surface area contributed by atoms with E-state index in [4.69, 9.17) is 21.1 Å². The van der Waals surface area contributed by atoms with Crippen molar-refractivity contribution < 1.29 is 14.3 Å². The zero-order valence-corrected chi connectivity index (χ0v) is 15.5. The molecule has 6 heteroatoms. The molecule has 4 nitrogen and oxygen atoms in total. The maximum absolute atomic E-state index is 11.9. The van der Waals surface area contributed by atoms with Gasteiger partial charge in [0.05, 0.1) is 18.7 Å². The lowest BCUT2D eigenvalue weighted by Crippen LogP contribution is -2.20. The highest BCUT2D eigenvalue weighted by Crippen LogP contribution is 2.36. The fourth-order valence-electron chi connectivity index (χ4n) is 2.11. The van der Waals surface area contributed by atoms with Gasteiger partial charge in [-0.15, -0.1) is 11.3 Å². The molecule has 1 amide bonds. The zero-order chi connectivity index (χ0) is 17.5. The molecule has 0 unspecified atom stereocenters. The molecule has 24 heavy (non-hydrogen) atoms. The van der Waals surface area contributed by atoms with Crippen molar-refractivity contribution in [2.24, 2.45) is 0 Å². The smallest absolute Gasteiger partial charge is 0.244 e. The minimum atomic E-state index is -0.162. The summed E-state index contributed by atoms with van der Waals surface area (Å²) in [6.45, 7) is 4.77. The molecular formula is C18H20ClNO3S. The van der Waals surface area contributed by atoms with E-state index in [1.54, 1.807) is 30.6 Å². The molecule has 0 aliphatic rings. The summed E-state index contributed by atoms with van der Waals surface area (Å²) < 4.78 is 10.8. The molecule has 1 heterocycles. The third-order valence-corrected chi connectivity index (χ3v) is 4.45. The number of thiophene rings is 1. The van der Waals surface area contributed by atoms with E-state index in [1.165, 1.54) is 11.0 Å². The fourth-order valence-corrected chi connectivity index (χ4v) is 3.18. The summed E-state index contributed by atoms with van der Waals surface area (Å²) in [5.41, 5.74) is 0.842. The van der Waals surface area contributed by atoms with E-state index < -0.39 is 0 Å². The van der Waals surface area contributed by atoms with Crippen molar-refractivity contribution in [1.29, 1.82) is 0 Å². The van der Waals surface area contributed by atoms with Gasteiger partial charge in [-0.05, 0) is 49.8 Å². The number of rotatable bonds is 7. The molecule has 0 spiro atoms. The Hall–Kier alpha value is -1.98. The van der Waals surface area contributed by atoms with Crippen LogP contribution in [-0.4, -0.2) is 19.6 Å². The lowest BCUT2D eigenvalue weighted by Gasteiger charge is -2.13. The maximum Gasteiger partial charge on any atom is 0.244 e. The number of aryl methyl sites for hydroxylation is 1. The Bertz CT molecular complexity index is 740. The summed E-state index contributed by atoms with van der Waals surface area (Å²) in [6.07, 6.45) is 3.33. The normalized spacial score (nSPS) is 10.8. The lowest BCUT2D eigenvalue weighted by molar-refractivity contribution is -0.116. The van der Waals surface area contributed by atoms with Crippen LogP contribution < -0.4 is 14.8 Å². The molecule has 1 N–H and O–H groups in total. The van der Waals surface area contributed by atoms with Gasteiger partial charge in [-0.25, -0.2) is 0 Å². The fraction of sp³-hybridized carbons (Fsp3) is 0.278. The SMILES string of the molecule is CCOc1c(Cl)cc(CNC(=O)/C=C/c2ccc(C)s2)cc1OC. The lowest BCUT2D eigenvalue weighted by atomic mass is 10.2. The molecule has 1 aromatic heterocycles. The first kappa shape index (κ1) is 18.4. The second kappa shape index (κ2) is 8.76. The molecule has 1 aromatic carbocycles. The number of hydrogen-bond donors (Lipinski definition) is 1. The number of benzene rings is 1. The minimum absolute atomic E-state index is 0.162. The molecule has 2 aromatic rings. The molecule has 0 radical (unpaired) electrons. The number of carbonyl (C=O) groups is 1. The highest BCUT2D eigenvalue weighted by atomic mass is 35.5. The van der Waals surface area contributed by atoms with E-state index in [1.807, 2.05) is 32.0 Å². The predicted molar refractivity (Wildman–Crippen MR) is 99.1 cm³/mol. The summed E-state index contributed by atoms with van der Waals surface area (Å²) in [5, 5.41) is 3.29. The van der Waals surface area contributed by atoms with E-state index in [0.29, 0.717) is 29.7 Å². The van der Waals surface area contributed by atoms with Crippen LogP contribution in [0.15, 0.2) is 30.3 Å². The Morgan fingerprint density at radius 2 is 2.17 bits per heavy atom. The van der Waals surface area contributed by atoms with Crippen LogP contribution in [0.25, 0.3) is 6.08 Å². The second-order valence-corrected chi connectivity index (χ2v) is 6.77. The molecule has 128 valence electrons. The monoisotopic (exact) mass is 365 g/mol. The van der Waals surface area contributed by atoms with Gasteiger partial charge < -0.3 is 14.8 Å². The van der Waals surface area contributed by atoms with Crippen LogP contribution in [0.3, 0.4) is 0 Å². The second-order valence-electron chi connectivity index (χ2n) is 5.04. The van der Waals surface area contributed by atoms with Gasteiger partial charge in [0.2, 0.25) is 5.91 Å². The number of halogens is 1. The Labute approximate surface area is 151 Å². The summed E-state index contributed by atoms with van der Waals surface area (Å²) in [5.74, 6) is 0.910. The van der Waals surface area contributed by atoms with Crippen LogP contribution in [0.5, 0.6) is 11.5 Å². The van der Waals surface area contributed by atoms with Crippen molar-refractivity contribution in [2.75, 3.05) is 13.7 Å². The Balaban J connectivity index is 1.99. The van der Waals surface area contributed by atoms with E-state index >= 15 is 0 Å². The van der Waals surface area contributed by atoms with Gasteiger partial charge in [-0.2, -0.15) is 0 Å². The minimum Gasteiger partial charge on any atom is -0.493 e. The molecule has 0 aliphatic heterocycles. The number of hydrogen-bond acceptors (Lipinski definition) is 4.